The van der Waals surface area contributed by atoms with Crippen LogP contribution in [0.2, 0.25) is 0 Å². The molecule has 0 saturated heterocycles. The molecule has 1 aliphatic heterocycles. The monoisotopic (exact) mass is 385 g/mol. The van der Waals surface area contributed by atoms with Crippen molar-refractivity contribution in [2.24, 2.45) is 0 Å². The van der Waals surface area contributed by atoms with Crippen LogP contribution >= 0.6 is 0 Å². The molecule has 1 aliphatic rings. The molecule has 0 saturated carbocycles. The number of hydrogen-bond acceptors (Lipinski definition) is 1. The molecule has 0 N–H and O–H groups in total. The highest BCUT2D eigenvalue weighted by atomic mass is 15.1. The highest BCUT2D eigenvalue weighted by Gasteiger charge is 2.46. The second kappa shape index (κ2) is 7.74. The van der Waals surface area contributed by atoms with Crippen molar-refractivity contribution < 1.29 is 4.57 Å². The Kier molecular flexibility index (Phi) is 5.29. The molecule has 2 heterocycles. The predicted molar refractivity (Wildman–Crippen MR) is 121 cm³/mol. The third kappa shape index (κ3) is 3.01. The maximum Gasteiger partial charge on any atom is 0.287 e. The van der Waals surface area contributed by atoms with Crippen LogP contribution in [-0.2, 0) is 5.41 Å². The second-order valence-corrected chi connectivity index (χ2v) is 8.62. The Balaban J connectivity index is 1.98. The fourth-order valence-corrected chi connectivity index (χ4v) is 5.44. The van der Waals surface area contributed by atoms with Crippen LogP contribution in [0.3, 0.4) is 0 Å². The zero-order valence-corrected chi connectivity index (χ0v) is 18.5. The zero-order chi connectivity index (χ0) is 20.6. The van der Waals surface area contributed by atoms with Gasteiger partial charge < -0.3 is 0 Å². The highest BCUT2D eigenvalue weighted by Crippen LogP contribution is 2.49. The summed E-state index contributed by atoms with van der Waals surface area (Å²) in [5.74, 6) is 0. The second-order valence-electron chi connectivity index (χ2n) is 8.62. The van der Waals surface area contributed by atoms with Gasteiger partial charge in [-0.25, -0.2) is 4.57 Å². The highest BCUT2D eigenvalue weighted by molar-refractivity contribution is 5.75. The number of fused-ring (bicyclic) bond motifs is 3. The van der Waals surface area contributed by atoms with Crippen LogP contribution in [0, 0.1) is 13.8 Å². The Morgan fingerprint density at radius 1 is 0.966 bits per heavy atom. The summed E-state index contributed by atoms with van der Waals surface area (Å²) in [7, 11) is 0. The predicted octanol–water partition coefficient (Wildman–Crippen LogP) is 6.73. The van der Waals surface area contributed by atoms with Crippen molar-refractivity contribution in [2.45, 2.75) is 71.8 Å². The lowest BCUT2D eigenvalue weighted by Gasteiger charge is -2.43. The largest absolute Gasteiger partial charge is 0.287 e. The van der Waals surface area contributed by atoms with E-state index >= 15 is 0 Å². The van der Waals surface area contributed by atoms with E-state index in [-0.39, 0.29) is 5.41 Å². The van der Waals surface area contributed by atoms with Crippen LogP contribution in [0.25, 0.3) is 22.5 Å². The summed E-state index contributed by atoms with van der Waals surface area (Å²) >= 11 is 0. The number of unbranched alkanes of at least 4 members (excludes halogenated alkanes) is 1. The maximum atomic E-state index is 4.99. The summed E-state index contributed by atoms with van der Waals surface area (Å²) < 4.78 is 2.46. The van der Waals surface area contributed by atoms with Crippen molar-refractivity contribution in [1.82, 2.24) is 4.98 Å². The molecule has 2 nitrogen and oxygen atoms in total. The van der Waals surface area contributed by atoms with E-state index in [9.17, 15) is 0 Å². The number of hydrogen-bond donors (Lipinski definition) is 0. The van der Waals surface area contributed by atoms with Gasteiger partial charge in [-0.3, -0.25) is 0 Å². The lowest BCUT2D eigenvalue weighted by atomic mass is 9.65. The molecule has 0 spiro atoms. The van der Waals surface area contributed by atoms with E-state index in [1.807, 2.05) is 0 Å². The summed E-state index contributed by atoms with van der Waals surface area (Å²) in [6.45, 7) is 11.5. The molecular weight excluding hydrogens is 352 g/mol. The van der Waals surface area contributed by atoms with Crippen LogP contribution in [0.4, 0.5) is 0 Å². The summed E-state index contributed by atoms with van der Waals surface area (Å²) in [5, 5.41) is 0. The van der Waals surface area contributed by atoms with Crippen molar-refractivity contribution in [3.63, 3.8) is 0 Å². The minimum Gasteiger partial charge on any atom is -0.226 e. The number of benzene rings is 2. The molecule has 3 aromatic rings. The standard InChI is InChI=1S/C27H33N2/c1-6-8-17-27(7-2)21(5)29-18-28-25(22-14-10-9-13-19(22)3)20(4)26(29)23-15-11-12-16-24(23)27/h9-16,18,21H,6-8,17H2,1-5H3/q+1. The van der Waals surface area contributed by atoms with Gasteiger partial charge in [0.2, 0.25) is 0 Å². The lowest BCUT2D eigenvalue weighted by Crippen LogP contribution is -2.55. The Morgan fingerprint density at radius 3 is 2.34 bits per heavy atom. The molecule has 2 atom stereocenters. The average Bonchev–Trinajstić information content (AvgIpc) is 2.75. The van der Waals surface area contributed by atoms with Gasteiger partial charge in [0, 0.05) is 22.1 Å². The van der Waals surface area contributed by atoms with Gasteiger partial charge in [-0.15, -0.1) is 0 Å². The molecule has 2 unspecified atom stereocenters. The first-order valence-electron chi connectivity index (χ1n) is 11.1. The van der Waals surface area contributed by atoms with Crippen LogP contribution in [0.5, 0.6) is 0 Å². The van der Waals surface area contributed by atoms with Crippen LogP contribution in [0.1, 0.15) is 69.2 Å². The van der Waals surface area contributed by atoms with E-state index < -0.39 is 0 Å². The number of aryl methyl sites for hydroxylation is 1. The van der Waals surface area contributed by atoms with Gasteiger partial charge in [0.05, 0.1) is 0 Å². The maximum absolute atomic E-state index is 4.99. The fraction of sp³-hybridized carbons (Fsp3) is 0.407. The topological polar surface area (TPSA) is 16.8 Å². The molecule has 29 heavy (non-hydrogen) atoms. The normalized spacial score (nSPS) is 20.2. The molecule has 0 radical (unpaired) electrons. The molecule has 0 aliphatic carbocycles. The summed E-state index contributed by atoms with van der Waals surface area (Å²) in [6.07, 6.45) is 6.97. The van der Waals surface area contributed by atoms with Crippen molar-refractivity contribution in [3.05, 3.63) is 71.5 Å². The van der Waals surface area contributed by atoms with E-state index in [0.717, 1.165) is 12.1 Å². The minimum atomic E-state index is 0.169. The average molecular weight is 386 g/mol. The van der Waals surface area contributed by atoms with Crippen molar-refractivity contribution in [3.8, 4) is 22.5 Å². The zero-order valence-electron chi connectivity index (χ0n) is 18.5. The van der Waals surface area contributed by atoms with Crippen molar-refractivity contribution in [1.29, 1.82) is 0 Å². The van der Waals surface area contributed by atoms with Crippen LogP contribution in [0.15, 0.2) is 54.9 Å². The Morgan fingerprint density at radius 2 is 1.66 bits per heavy atom. The summed E-state index contributed by atoms with van der Waals surface area (Å²) in [4.78, 5) is 4.99. The molecule has 2 aromatic carbocycles. The van der Waals surface area contributed by atoms with Gasteiger partial charge in [0.25, 0.3) is 6.33 Å². The summed E-state index contributed by atoms with van der Waals surface area (Å²) in [6, 6.07) is 18.1. The van der Waals surface area contributed by atoms with Crippen molar-refractivity contribution >= 4 is 0 Å². The third-order valence-electron chi connectivity index (χ3n) is 7.22. The molecule has 0 amide bonds. The van der Waals surface area contributed by atoms with Gasteiger partial charge >= 0.3 is 0 Å². The molecule has 4 rings (SSSR count). The summed E-state index contributed by atoms with van der Waals surface area (Å²) in [5.41, 5.74) is 9.31. The smallest absolute Gasteiger partial charge is 0.226 e. The van der Waals surface area contributed by atoms with Gasteiger partial charge in [0.1, 0.15) is 11.7 Å². The van der Waals surface area contributed by atoms with Gasteiger partial charge in [-0.2, -0.15) is 0 Å². The lowest BCUT2D eigenvalue weighted by molar-refractivity contribution is -0.724. The Bertz CT molecular complexity index is 1040. The van der Waals surface area contributed by atoms with E-state index in [1.165, 1.54) is 52.8 Å². The van der Waals surface area contributed by atoms with Gasteiger partial charge in [0.15, 0.2) is 5.69 Å². The van der Waals surface area contributed by atoms with E-state index in [1.54, 1.807) is 0 Å². The first-order chi connectivity index (χ1) is 14.0. The Labute approximate surface area is 175 Å². The Hall–Kier alpha value is -2.48. The van der Waals surface area contributed by atoms with Gasteiger partial charge in [-0.1, -0.05) is 75.2 Å². The number of rotatable bonds is 5. The van der Waals surface area contributed by atoms with E-state index in [2.05, 4.69) is 94.0 Å². The van der Waals surface area contributed by atoms with Crippen LogP contribution < -0.4 is 4.57 Å². The van der Waals surface area contributed by atoms with E-state index in [0.29, 0.717) is 6.04 Å². The SMILES string of the molecule is CCCCC1(CC)c2ccccc2-c2c(C)c(-c3ccccc3C)nc[n+]2C1C. The third-order valence-corrected chi connectivity index (χ3v) is 7.22. The minimum absolute atomic E-state index is 0.169. The molecule has 1 aromatic heterocycles. The fourth-order valence-electron chi connectivity index (χ4n) is 5.44. The molecule has 150 valence electrons. The van der Waals surface area contributed by atoms with Crippen LogP contribution in [-0.4, -0.2) is 4.98 Å². The number of aromatic nitrogens is 2. The van der Waals surface area contributed by atoms with Gasteiger partial charge in [-0.05, 0) is 49.7 Å². The number of nitrogens with zero attached hydrogens (tertiary/aromatic N) is 2. The van der Waals surface area contributed by atoms with Crippen molar-refractivity contribution in [2.75, 3.05) is 0 Å². The molecule has 0 bridgehead atoms. The van der Waals surface area contributed by atoms with E-state index in [4.69, 9.17) is 4.98 Å². The first kappa shape index (κ1) is 19.8. The molecular formula is C27H33N2+. The molecule has 2 heteroatoms. The molecule has 0 fully saturated rings. The first-order valence-corrected chi connectivity index (χ1v) is 11.1. The quantitative estimate of drug-likeness (QED) is 0.445.